The van der Waals surface area contributed by atoms with Gasteiger partial charge in [0.15, 0.2) is 17.3 Å². The largest absolute Gasteiger partial charge is 0.444 e. The van der Waals surface area contributed by atoms with Crippen LogP contribution in [0.5, 0.6) is 0 Å². The Hall–Kier alpha value is -3.69. The number of aromatic amines is 1. The standard InChI is InChI=1S/C27H34FN7O2/c1-15(2)20-21-19(32-23(20)18-13-35-24(30-14-31-35)17(4)16(18)3)12-29-25(22(21)28)33-8-10-34(11-9-33)26(36)37-27(5,6)7/h12-15,32H,8-11H2,1-7H3. The Morgan fingerprint density at radius 1 is 1.11 bits per heavy atom. The Morgan fingerprint density at radius 3 is 2.46 bits per heavy atom. The summed E-state index contributed by atoms with van der Waals surface area (Å²) in [6.07, 6.45) is 4.85. The van der Waals surface area contributed by atoms with E-state index in [1.165, 1.54) is 0 Å². The second-order valence-corrected chi connectivity index (χ2v) is 11.0. The van der Waals surface area contributed by atoms with E-state index in [2.05, 4.69) is 40.8 Å². The van der Waals surface area contributed by atoms with Crippen molar-refractivity contribution in [2.24, 2.45) is 0 Å². The fraction of sp³-hybridized carbons (Fsp3) is 0.481. The summed E-state index contributed by atoms with van der Waals surface area (Å²) in [7, 11) is 0. The predicted molar refractivity (Wildman–Crippen MR) is 142 cm³/mol. The molecule has 0 aromatic carbocycles. The van der Waals surface area contributed by atoms with Crippen molar-refractivity contribution in [2.75, 3.05) is 31.1 Å². The Bertz CT molecular complexity index is 1490. The molecule has 0 aliphatic carbocycles. The maximum absolute atomic E-state index is 16.2. The van der Waals surface area contributed by atoms with Crippen LogP contribution >= 0.6 is 0 Å². The number of carbonyl (C=O) groups is 1. The molecule has 1 fully saturated rings. The minimum Gasteiger partial charge on any atom is -0.444 e. The lowest BCUT2D eigenvalue weighted by Crippen LogP contribution is -2.50. The first-order valence-electron chi connectivity index (χ1n) is 12.7. The number of aromatic nitrogens is 5. The number of rotatable bonds is 3. The average Bonchev–Trinajstić information content (AvgIpc) is 3.46. The van der Waals surface area contributed by atoms with Crippen LogP contribution in [0.1, 0.15) is 57.2 Å². The van der Waals surface area contributed by atoms with Gasteiger partial charge in [0.05, 0.1) is 17.4 Å². The smallest absolute Gasteiger partial charge is 0.410 e. The molecule has 1 saturated heterocycles. The molecule has 1 N–H and O–H groups in total. The van der Waals surface area contributed by atoms with Crippen molar-refractivity contribution in [3.63, 3.8) is 0 Å². The number of anilines is 1. The number of fused-ring (bicyclic) bond motifs is 2. The quantitative estimate of drug-likeness (QED) is 0.409. The van der Waals surface area contributed by atoms with E-state index in [4.69, 9.17) is 4.74 Å². The average molecular weight is 508 g/mol. The van der Waals surface area contributed by atoms with E-state index < -0.39 is 5.60 Å². The topological polar surface area (TPSA) is 91.7 Å². The van der Waals surface area contributed by atoms with Crippen LogP contribution in [-0.2, 0) is 4.74 Å². The van der Waals surface area contributed by atoms with Gasteiger partial charge in [-0.25, -0.2) is 23.7 Å². The molecule has 0 radical (unpaired) electrons. The van der Waals surface area contributed by atoms with Gasteiger partial charge in [-0.15, -0.1) is 0 Å². The van der Waals surface area contributed by atoms with Gasteiger partial charge in [0.1, 0.15) is 11.9 Å². The third-order valence-electron chi connectivity index (χ3n) is 7.00. The third kappa shape index (κ3) is 4.38. The van der Waals surface area contributed by atoms with Gasteiger partial charge >= 0.3 is 6.09 Å². The molecule has 0 bridgehead atoms. The van der Waals surface area contributed by atoms with Crippen molar-refractivity contribution < 1.29 is 13.9 Å². The lowest BCUT2D eigenvalue weighted by Gasteiger charge is -2.36. The molecule has 9 nitrogen and oxygen atoms in total. The van der Waals surface area contributed by atoms with Crippen LogP contribution in [0.2, 0.25) is 0 Å². The fourth-order valence-electron chi connectivity index (χ4n) is 5.05. The van der Waals surface area contributed by atoms with Crippen molar-refractivity contribution >= 4 is 28.5 Å². The molecule has 5 heterocycles. The molecule has 1 aliphatic heterocycles. The van der Waals surface area contributed by atoms with Crippen LogP contribution < -0.4 is 4.90 Å². The Balaban J connectivity index is 1.52. The zero-order valence-electron chi connectivity index (χ0n) is 22.5. The molecule has 5 rings (SSSR count). The van der Waals surface area contributed by atoms with Crippen molar-refractivity contribution in [1.29, 1.82) is 0 Å². The van der Waals surface area contributed by atoms with E-state index in [1.807, 2.05) is 38.8 Å². The Morgan fingerprint density at radius 2 is 1.81 bits per heavy atom. The minimum absolute atomic E-state index is 0.0589. The van der Waals surface area contributed by atoms with Crippen molar-refractivity contribution in [3.8, 4) is 11.3 Å². The normalized spacial score (nSPS) is 14.8. The second kappa shape index (κ2) is 9.00. The van der Waals surface area contributed by atoms with E-state index >= 15 is 4.39 Å². The summed E-state index contributed by atoms with van der Waals surface area (Å²) >= 11 is 0. The SMILES string of the molecule is Cc1c(-c2[nH]c3cnc(N4CCN(C(=O)OC(C)(C)C)CC4)c(F)c3c2C(C)C)cn2ncnc2c1C. The number of nitrogens with one attached hydrogen (secondary N) is 1. The molecule has 0 spiro atoms. The van der Waals surface area contributed by atoms with E-state index in [1.54, 1.807) is 21.9 Å². The number of piperazine rings is 1. The number of amides is 1. The number of hydrogen-bond donors (Lipinski definition) is 1. The van der Waals surface area contributed by atoms with Crippen LogP contribution in [0.25, 0.3) is 27.8 Å². The molecule has 0 saturated carbocycles. The number of carbonyl (C=O) groups excluding carboxylic acids is 1. The summed E-state index contributed by atoms with van der Waals surface area (Å²) in [5.41, 5.74) is 5.75. The van der Waals surface area contributed by atoms with Crippen LogP contribution in [-0.4, -0.2) is 67.3 Å². The van der Waals surface area contributed by atoms with Gasteiger partial charge in [-0.2, -0.15) is 5.10 Å². The number of H-pyrrole nitrogens is 1. The third-order valence-corrected chi connectivity index (χ3v) is 7.00. The molecular formula is C27H34FN7O2. The summed E-state index contributed by atoms with van der Waals surface area (Å²) in [5, 5.41) is 4.88. The first-order chi connectivity index (χ1) is 17.5. The summed E-state index contributed by atoms with van der Waals surface area (Å²) in [5.74, 6) is 0.0257. The highest BCUT2D eigenvalue weighted by Gasteiger charge is 2.29. The maximum atomic E-state index is 16.2. The molecular weight excluding hydrogens is 473 g/mol. The summed E-state index contributed by atoms with van der Waals surface area (Å²) < 4.78 is 23.5. The van der Waals surface area contributed by atoms with E-state index in [0.29, 0.717) is 42.9 Å². The van der Waals surface area contributed by atoms with Gasteiger partial charge in [-0.3, -0.25) is 0 Å². The van der Waals surface area contributed by atoms with Crippen molar-refractivity contribution in [3.05, 3.63) is 41.2 Å². The van der Waals surface area contributed by atoms with Crippen LogP contribution in [0, 0.1) is 19.7 Å². The molecule has 37 heavy (non-hydrogen) atoms. The molecule has 4 aromatic heterocycles. The first kappa shape index (κ1) is 25.0. The Labute approximate surface area is 215 Å². The zero-order valence-corrected chi connectivity index (χ0v) is 22.5. The molecule has 4 aromatic rings. The monoisotopic (exact) mass is 507 g/mol. The number of nitrogens with zero attached hydrogens (tertiary/aromatic N) is 6. The van der Waals surface area contributed by atoms with Crippen LogP contribution in [0.4, 0.5) is 15.0 Å². The summed E-state index contributed by atoms with van der Waals surface area (Å²) in [6, 6.07) is 0. The number of pyridine rings is 2. The number of halogens is 1. The van der Waals surface area contributed by atoms with Gasteiger partial charge in [-0.1, -0.05) is 13.8 Å². The summed E-state index contributed by atoms with van der Waals surface area (Å²) in [4.78, 5) is 28.3. The molecule has 10 heteroatoms. The molecule has 1 amide bonds. The highest BCUT2D eigenvalue weighted by Crippen LogP contribution is 2.40. The van der Waals surface area contributed by atoms with E-state index in [9.17, 15) is 4.79 Å². The first-order valence-corrected chi connectivity index (χ1v) is 12.7. The number of aryl methyl sites for hydroxylation is 1. The van der Waals surface area contributed by atoms with Crippen LogP contribution in [0.15, 0.2) is 18.7 Å². The number of hydrogen-bond acceptors (Lipinski definition) is 6. The van der Waals surface area contributed by atoms with Crippen molar-refractivity contribution in [2.45, 2.75) is 60.0 Å². The van der Waals surface area contributed by atoms with E-state index in [-0.39, 0.29) is 17.8 Å². The highest BCUT2D eigenvalue weighted by molar-refractivity contribution is 5.94. The Kier molecular flexibility index (Phi) is 6.08. The predicted octanol–water partition coefficient (Wildman–Crippen LogP) is 5.21. The molecule has 196 valence electrons. The lowest BCUT2D eigenvalue weighted by atomic mass is 9.94. The summed E-state index contributed by atoms with van der Waals surface area (Å²) in [6.45, 7) is 15.6. The second-order valence-electron chi connectivity index (χ2n) is 11.0. The molecule has 1 aliphatic rings. The van der Waals surface area contributed by atoms with Gasteiger partial charge in [0.2, 0.25) is 0 Å². The zero-order chi connectivity index (χ0) is 26.6. The van der Waals surface area contributed by atoms with Gasteiger partial charge in [-0.05, 0) is 57.2 Å². The van der Waals surface area contributed by atoms with Gasteiger partial charge in [0, 0.05) is 43.3 Å². The van der Waals surface area contributed by atoms with Gasteiger partial charge in [0.25, 0.3) is 0 Å². The van der Waals surface area contributed by atoms with Crippen LogP contribution in [0.3, 0.4) is 0 Å². The highest BCUT2D eigenvalue weighted by atomic mass is 19.1. The fourth-order valence-corrected chi connectivity index (χ4v) is 5.05. The van der Waals surface area contributed by atoms with Gasteiger partial charge < -0.3 is 19.5 Å². The molecule has 0 unspecified atom stereocenters. The maximum Gasteiger partial charge on any atom is 0.410 e. The minimum atomic E-state index is -0.554. The number of ether oxygens (including phenoxy) is 1. The lowest BCUT2D eigenvalue weighted by molar-refractivity contribution is 0.0240. The van der Waals surface area contributed by atoms with Crippen molar-refractivity contribution in [1.82, 2.24) is 29.5 Å². The molecule has 0 atom stereocenters. The van der Waals surface area contributed by atoms with E-state index in [0.717, 1.165) is 33.6 Å².